The topological polar surface area (TPSA) is 31.2 Å². The normalized spacial score (nSPS) is 18.4. The molecule has 0 N–H and O–H groups in total. The van der Waals surface area contributed by atoms with E-state index in [1.165, 1.54) is 11.1 Å². The lowest BCUT2D eigenvalue weighted by Gasteiger charge is -2.26. The third-order valence-corrected chi connectivity index (χ3v) is 5.82. The van der Waals surface area contributed by atoms with Gasteiger partial charge in [-0.25, -0.2) is 0 Å². The van der Waals surface area contributed by atoms with Crippen LogP contribution in [0.4, 0.5) is 0 Å². The number of hydrogen-bond donors (Lipinski definition) is 0. The van der Waals surface area contributed by atoms with Gasteiger partial charge in [0.15, 0.2) is 0 Å². The van der Waals surface area contributed by atoms with E-state index < -0.39 is 0 Å². The van der Waals surface area contributed by atoms with Gasteiger partial charge in [-0.1, -0.05) is 121 Å². The summed E-state index contributed by atoms with van der Waals surface area (Å²) in [7, 11) is 0. The molecule has 5 rings (SSSR count). The van der Waals surface area contributed by atoms with Crippen LogP contribution in [-0.4, -0.2) is 29.1 Å². The Kier molecular flexibility index (Phi) is 6.25. The summed E-state index contributed by atoms with van der Waals surface area (Å²) >= 11 is 0. The fraction of sp³-hybridized carbons (Fsp3) is 0.103. The minimum absolute atomic E-state index is 0.0292. The summed E-state index contributed by atoms with van der Waals surface area (Å²) < 4.78 is 0. The molecule has 33 heavy (non-hydrogen) atoms. The summed E-state index contributed by atoms with van der Waals surface area (Å²) in [6.45, 7) is 0.589. The first-order valence-corrected chi connectivity index (χ1v) is 11.2. The highest BCUT2D eigenvalue weighted by atomic mass is 15.7. The first kappa shape index (κ1) is 20.7. The smallest absolute Gasteiger partial charge is 0.125 e. The van der Waals surface area contributed by atoms with Gasteiger partial charge in [-0.05, 0) is 22.3 Å². The lowest BCUT2D eigenvalue weighted by Crippen LogP contribution is -2.20. The highest BCUT2D eigenvalue weighted by molar-refractivity contribution is 5.79. The summed E-state index contributed by atoms with van der Waals surface area (Å²) in [5, 5.41) is 14.1. The molecule has 2 atom stereocenters. The van der Waals surface area contributed by atoms with Crippen molar-refractivity contribution >= 4 is 12.4 Å². The Bertz CT molecular complexity index is 1090. The molecule has 0 unspecified atom stereocenters. The molecule has 1 saturated heterocycles. The maximum atomic E-state index is 4.93. The zero-order valence-corrected chi connectivity index (χ0v) is 18.4. The minimum Gasteiger partial charge on any atom is -0.266 e. The van der Waals surface area contributed by atoms with Gasteiger partial charge < -0.3 is 0 Å². The van der Waals surface area contributed by atoms with Crippen molar-refractivity contribution in [2.45, 2.75) is 12.1 Å². The van der Waals surface area contributed by atoms with Crippen LogP contribution in [0, 0.1) is 0 Å². The van der Waals surface area contributed by atoms with Gasteiger partial charge in [0.25, 0.3) is 0 Å². The molecule has 0 bridgehead atoms. The van der Waals surface area contributed by atoms with Crippen molar-refractivity contribution in [2.75, 3.05) is 6.67 Å². The van der Waals surface area contributed by atoms with Crippen molar-refractivity contribution in [3.05, 3.63) is 144 Å². The van der Waals surface area contributed by atoms with Gasteiger partial charge in [0.2, 0.25) is 0 Å². The standard InChI is InChI=1S/C29H26N4/c1-5-13-24(14-6-1)21-30-32-23-33(31-22-25-15-7-2-8-16-25)29(27-19-11-4-12-20-27)28(32)26-17-9-3-10-18-26/h1-22,28-29H,23H2/b30-21-,31-22+/t28-,29+/m1/s1. The molecule has 0 aromatic heterocycles. The summed E-state index contributed by atoms with van der Waals surface area (Å²) in [6.07, 6.45) is 3.87. The third-order valence-electron chi connectivity index (χ3n) is 5.82. The molecule has 1 heterocycles. The fourth-order valence-corrected chi connectivity index (χ4v) is 4.24. The second kappa shape index (κ2) is 9.96. The summed E-state index contributed by atoms with van der Waals surface area (Å²) in [4.78, 5) is 0. The molecule has 162 valence electrons. The van der Waals surface area contributed by atoms with Crippen LogP contribution in [0.25, 0.3) is 0 Å². The first-order valence-electron chi connectivity index (χ1n) is 11.2. The first-order chi connectivity index (χ1) is 16.4. The maximum absolute atomic E-state index is 4.93. The van der Waals surface area contributed by atoms with Crippen LogP contribution in [0.1, 0.15) is 34.3 Å². The van der Waals surface area contributed by atoms with Gasteiger partial charge in [0, 0.05) is 0 Å². The van der Waals surface area contributed by atoms with Crippen molar-refractivity contribution in [1.82, 2.24) is 10.0 Å². The molecule has 0 aliphatic carbocycles. The Labute approximate surface area is 195 Å². The van der Waals surface area contributed by atoms with Gasteiger partial charge in [-0.3, -0.25) is 10.0 Å². The Morgan fingerprint density at radius 1 is 0.485 bits per heavy atom. The van der Waals surface area contributed by atoms with Crippen LogP contribution in [0.3, 0.4) is 0 Å². The molecule has 4 aromatic carbocycles. The maximum Gasteiger partial charge on any atom is 0.125 e. The van der Waals surface area contributed by atoms with Gasteiger partial charge >= 0.3 is 0 Å². The molecular formula is C29H26N4. The quantitative estimate of drug-likeness (QED) is 0.346. The van der Waals surface area contributed by atoms with E-state index in [4.69, 9.17) is 10.2 Å². The van der Waals surface area contributed by atoms with Crippen molar-refractivity contribution in [3.63, 3.8) is 0 Å². The van der Waals surface area contributed by atoms with Crippen molar-refractivity contribution in [1.29, 1.82) is 0 Å². The van der Waals surface area contributed by atoms with E-state index in [0.29, 0.717) is 6.67 Å². The van der Waals surface area contributed by atoms with Crippen LogP contribution in [0.15, 0.2) is 132 Å². The average molecular weight is 431 g/mol. The van der Waals surface area contributed by atoms with Crippen molar-refractivity contribution in [3.8, 4) is 0 Å². The zero-order chi connectivity index (χ0) is 22.3. The molecule has 0 radical (unpaired) electrons. The fourth-order valence-electron chi connectivity index (χ4n) is 4.24. The third kappa shape index (κ3) is 4.85. The van der Waals surface area contributed by atoms with E-state index in [0.717, 1.165) is 11.1 Å². The van der Waals surface area contributed by atoms with Gasteiger partial charge in [0.05, 0.1) is 12.4 Å². The van der Waals surface area contributed by atoms with E-state index in [1.54, 1.807) is 0 Å². The number of nitrogens with zero attached hydrogens (tertiary/aromatic N) is 4. The van der Waals surface area contributed by atoms with Crippen LogP contribution in [0.2, 0.25) is 0 Å². The second-order valence-electron chi connectivity index (χ2n) is 8.04. The van der Waals surface area contributed by atoms with Crippen LogP contribution in [0.5, 0.6) is 0 Å². The summed E-state index contributed by atoms with van der Waals surface area (Å²) in [5.41, 5.74) is 4.58. The Morgan fingerprint density at radius 2 is 0.818 bits per heavy atom. The van der Waals surface area contributed by atoms with E-state index in [-0.39, 0.29) is 12.1 Å². The van der Waals surface area contributed by atoms with Crippen molar-refractivity contribution < 1.29 is 0 Å². The molecule has 1 aliphatic rings. The highest BCUT2D eigenvalue weighted by Gasteiger charge is 2.41. The number of rotatable bonds is 6. The monoisotopic (exact) mass is 430 g/mol. The van der Waals surface area contributed by atoms with E-state index in [2.05, 4.69) is 94.9 Å². The molecule has 4 heteroatoms. The molecule has 0 saturated carbocycles. The summed E-state index contributed by atoms with van der Waals surface area (Å²) in [6, 6.07) is 41.7. The SMILES string of the molecule is C(=N/N1CN(/N=C/c2ccccc2)[C@@H](c2ccccc2)[C@H]1c1ccccc1)/c1ccccc1. The van der Waals surface area contributed by atoms with E-state index in [1.807, 2.05) is 48.8 Å². The molecule has 4 nitrogen and oxygen atoms in total. The Morgan fingerprint density at radius 3 is 1.18 bits per heavy atom. The highest BCUT2D eigenvalue weighted by Crippen LogP contribution is 2.44. The number of hydrogen-bond acceptors (Lipinski definition) is 4. The zero-order valence-electron chi connectivity index (χ0n) is 18.4. The average Bonchev–Trinajstić information content (AvgIpc) is 3.27. The van der Waals surface area contributed by atoms with Gasteiger partial charge in [-0.15, -0.1) is 0 Å². The Hall–Kier alpha value is -4.18. The lowest BCUT2D eigenvalue weighted by molar-refractivity contribution is 0.233. The van der Waals surface area contributed by atoms with Gasteiger partial charge in [0.1, 0.15) is 18.8 Å². The predicted molar refractivity (Wildman–Crippen MR) is 135 cm³/mol. The Balaban J connectivity index is 1.55. The molecular weight excluding hydrogens is 404 g/mol. The predicted octanol–water partition coefficient (Wildman–Crippen LogP) is 6.11. The van der Waals surface area contributed by atoms with Crippen LogP contribution < -0.4 is 0 Å². The molecule has 1 aliphatic heterocycles. The largest absolute Gasteiger partial charge is 0.266 e. The molecule has 1 fully saturated rings. The molecule has 0 spiro atoms. The molecule has 0 amide bonds. The number of benzene rings is 4. The van der Waals surface area contributed by atoms with E-state index >= 15 is 0 Å². The summed E-state index contributed by atoms with van der Waals surface area (Å²) in [5.74, 6) is 0. The molecule has 4 aromatic rings. The van der Waals surface area contributed by atoms with Gasteiger partial charge in [-0.2, -0.15) is 10.2 Å². The van der Waals surface area contributed by atoms with Crippen LogP contribution in [-0.2, 0) is 0 Å². The van der Waals surface area contributed by atoms with Crippen molar-refractivity contribution in [2.24, 2.45) is 10.2 Å². The lowest BCUT2D eigenvalue weighted by atomic mass is 9.94. The second-order valence-corrected chi connectivity index (χ2v) is 8.04. The van der Waals surface area contributed by atoms with E-state index in [9.17, 15) is 0 Å². The number of hydrazone groups is 2. The van der Waals surface area contributed by atoms with Crippen LogP contribution >= 0.6 is 0 Å². The minimum atomic E-state index is 0.0292.